The van der Waals surface area contributed by atoms with Crippen molar-refractivity contribution in [3.05, 3.63) is 83.7 Å². The summed E-state index contributed by atoms with van der Waals surface area (Å²) in [7, 11) is -1.55. The second kappa shape index (κ2) is 10.7. The van der Waals surface area contributed by atoms with Crippen molar-refractivity contribution in [3.8, 4) is 28.1 Å². The Hall–Kier alpha value is -5.03. The van der Waals surface area contributed by atoms with E-state index in [1.54, 1.807) is 48.7 Å². The van der Waals surface area contributed by atoms with Crippen molar-refractivity contribution in [3.63, 3.8) is 0 Å². The fourth-order valence-electron chi connectivity index (χ4n) is 4.60. The van der Waals surface area contributed by atoms with E-state index in [-0.39, 0.29) is 17.3 Å². The van der Waals surface area contributed by atoms with Crippen molar-refractivity contribution in [1.29, 1.82) is 0 Å². The summed E-state index contributed by atoms with van der Waals surface area (Å²) in [6.07, 6.45) is 2.66. The Balaban J connectivity index is 1.65. The molecule has 3 heterocycles. The van der Waals surface area contributed by atoms with Gasteiger partial charge in [0.15, 0.2) is 0 Å². The highest BCUT2D eigenvalue weighted by molar-refractivity contribution is 7.93. The molecular weight excluding hydrogens is 571 g/mol. The highest BCUT2D eigenvalue weighted by atomic mass is 32.2. The SMILES string of the molecule is [C-]#[N+]c1cc(-c2cnc(N)c3c(-c4ccc(NS(=O)(=O)C(F)F)c(O[C@@H](C)c5ccc(F)cc5)c4)nn(C)c23)cn1C. The van der Waals surface area contributed by atoms with Crippen LogP contribution in [0.2, 0.25) is 0 Å². The fraction of sp³-hybridized carbons (Fsp3) is 0.179. The van der Waals surface area contributed by atoms with E-state index in [1.165, 1.54) is 42.5 Å². The number of rotatable bonds is 8. The minimum absolute atomic E-state index is 0.0696. The van der Waals surface area contributed by atoms with Gasteiger partial charge in [-0.3, -0.25) is 9.40 Å². The zero-order chi connectivity index (χ0) is 30.3. The molecule has 0 unspecified atom stereocenters. The van der Waals surface area contributed by atoms with Gasteiger partial charge in [0.2, 0.25) is 5.82 Å². The van der Waals surface area contributed by atoms with Crippen LogP contribution in [-0.2, 0) is 24.1 Å². The summed E-state index contributed by atoms with van der Waals surface area (Å²) in [6.45, 7) is 9.03. The molecule has 0 aliphatic heterocycles. The summed E-state index contributed by atoms with van der Waals surface area (Å²) in [5.74, 6) is -3.60. The minimum Gasteiger partial charge on any atom is -0.484 e. The molecular formula is C28H24F3N7O3S. The highest BCUT2D eigenvalue weighted by Crippen LogP contribution is 2.41. The predicted octanol–water partition coefficient (Wildman–Crippen LogP) is 6.02. The fourth-order valence-corrected chi connectivity index (χ4v) is 5.17. The predicted molar refractivity (Wildman–Crippen MR) is 153 cm³/mol. The van der Waals surface area contributed by atoms with Gasteiger partial charge in [-0.1, -0.05) is 24.8 Å². The van der Waals surface area contributed by atoms with E-state index in [1.807, 2.05) is 4.72 Å². The van der Waals surface area contributed by atoms with Crippen molar-refractivity contribution in [2.24, 2.45) is 14.1 Å². The molecule has 3 aromatic heterocycles. The molecule has 0 aliphatic rings. The summed E-state index contributed by atoms with van der Waals surface area (Å²) in [5, 5.41) is 5.14. The number of sulfonamides is 1. The Morgan fingerprint density at radius 1 is 1.10 bits per heavy atom. The van der Waals surface area contributed by atoms with Crippen molar-refractivity contribution in [2.45, 2.75) is 18.8 Å². The molecule has 0 saturated heterocycles. The molecule has 0 aliphatic carbocycles. The second-order valence-electron chi connectivity index (χ2n) is 9.49. The number of nitrogens with two attached hydrogens (primary N) is 1. The van der Waals surface area contributed by atoms with Crippen LogP contribution in [0, 0.1) is 12.4 Å². The van der Waals surface area contributed by atoms with E-state index >= 15 is 0 Å². The summed E-state index contributed by atoms with van der Waals surface area (Å²) in [5.41, 5.74) is 9.49. The highest BCUT2D eigenvalue weighted by Gasteiger charge is 2.27. The molecule has 3 N–H and O–H groups in total. The number of benzene rings is 2. The first-order valence-corrected chi connectivity index (χ1v) is 14.0. The van der Waals surface area contributed by atoms with E-state index in [0.29, 0.717) is 39.1 Å². The van der Waals surface area contributed by atoms with Gasteiger partial charge in [-0.15, -0.1) is 0 Å². The summed E-state index contributed by atoms with van der Waals surface area (Å²) >= 11 is 0. The number of hydrogen-bond donors (Lipinski definition) is 2. The molecule has 216 valence electrons. The molecule has 0 spiro atoms. The second-order valence-corrected chi connectivity index (χ2v) is 11.1. The molecule has 14 heteroatoms. The van der Waals surface area contributed by atoms with Gasteiger partial charge in [0, 0.05) is 29.9 Å². The number of nitrogens with one attached hydrogen (secondary N) is 1. The van der Waals surface area contributed by atoms with Gasteiger partial charge in [-0.2, -0.15) is 13.9 Å². The van der Waals surface area contributed by atoms with E-state index in [0.717, 1.165) is 5.56 Å². The van der Waals surface area contributed by atoms with E-state index < -0.39 is 27.7 Å². The van der Waals surface area contributed by atoms with Crippen molar-refractivity contribution < 1.29 is 26.3 Å². The third kappa shape index (κ3) is 5.21. The average Bonchev–Trinajstić information content (AvgIpc) is 3.50. The maximum Gasteiger partial charge on any atom is 0.355 e. The smallest absolute Gasteiger partial charge is 0.355 e. The topological polar surface area (TPSA) is 121 Å². The molecule has 0 saturated carbocycles. The zero-order valence-corrected chi connectivity index (χ0v) is 23.3. The van der Waals surface area contributed by atoms with Gasteiger partial charge >= 0.3 is 5.76 Å². The van der Waals surface area contributed by atoms with Crippen LogP contribution in [-0.4, -0.2) is 33.5 Å². The van der Waals surface area contributed by atoms with Crippen molar-refractivity contribution in [1.82, 2.24) is 19.3 Å². The quantitative estimate of drug-likeness (QED) is 0.212. The number of halogens is 3. The molecule has 10 nitrogen and oxygen atoms in total. The molecule has 5 rings (SSSR count). The zero-order valence-electron chi connectivity index (χ0n) is 22.5. The number of hydrogen-bond acceptors (Lipinski definition) is 6. The van der Waals surface area contributed by atoms with E-state index in [9.17, 15) is 21.6 Å². The Morgan fingerprint density at radius 3 is 2.45 bits per heavy atom. The third-order valence-corrected chi connectivity index (χ3v) is 7.65. The van der Waals surface area contributed by atoms with Crippen LogP contribution in [0.4, 0.5) is 30.5 Å². The first kappa shape index (κ1) is 28.5. The first-order valence-electron chi connectivity index (χ1n) is 12.4. The molecule has 1 atom stereocenters. The minimum atomic E-state index is -5.02. The lowest BCUT2D eigenvalue weighted by atomic mass is 10.0. The molecule has 0 fully saturated rings. The number of nitrogens with zero attached hydrogens (tertiary/aromatic N) is 5. The van der Waals surface area contributed by atoms with Gasteiger partial charge in [0.25, 0.3) is 10.0 Å². The largest absolute Gasteiger partial charge is 0.484 e. The normalized spacial score (nSPS) is 12.4. The van der Waals surface area contributed by atoms with Gasteiger partial charge < -0.3 is 19.9 Å². The van der Waals surface area contributed by atoms with Crippen molar-refractivity contribution in [2.75, 3.05) is 10.5 Å². The lowest BCUT2D eigenvalue weighted by Gasteiger charge is -2.19. The molecule has 42 heavy (non-hydrogen) atoms. The van der Waals surface area contributed by atoms with Crippen LogP contribution in [0.3, 0.4) is 0 Å². The monoisotopic (exact) mass is 595 g/mol. The number of nitrogen functional groups attached to an aromatic ring is 1. The number of fused-ring (bicyclic) bond motifs is 1. The maximum absolute atomic E-state index is 13.5. The number of alkyl halides is 2. The van der Waals surface area contributed by atoms with Crippen LogP contribution in [0.5, 0.6) is 5.75 Å². The molecule has 0 amide bonds. The van der Waals surface area contributed by atoms with Gasteiger partial charge in [-0.05, 0) is 42.8 Å². The Kier molecular flexibility index (Phi) is 7.29. The average molecular weight is 596 g/mol. The van der Waals surface area contributed by atoms with Crippen LogP contribution >= 0.6 is 0 Å². The summed E-state index contributed by atoms with van der Waals surface area (Å²) < 4.78 is 75.1. The van der Waals surface area contributed by atoms with E-state index in [4.69, 9.17) is 17.0 Å². The first-order chi connectivity index (χ1) is 19.9. The van der Waals surface area contributed by atoms with Crippen molar-refractivity contribution >= 4 is 38.2 Å². The summed E-state index contributed by atoms with van der Waals surface area (Å²) in [4.78, 5) is 7.86. The Labute approximate surface area is 239 Å². The Morgan fingerprint density at radius 2 is 1.81 bits per heavy atom. The maximum atomic E-state index is 13.5. The number of pyridine rings is 1. The number of ether oxygens (including phenoxy) is 1. The summed E-state index contributed by atoms with van der Waals surface area (Å²) in [6, 6.07) is 11.4. The van der Waals surface area contributed by atoms with Crippen LogP contribution in [0.1, 0.15) is 18.6 Å². The number of aryl methyl sites for hydroxylation is 2. The number of anilines is 2. The lowest BCUT2D eigenvalue weighted by molar-refractivity contribution is 0.228. The van der Waals surface area contributed by atoms with E-state index in [2.05, 4.69) is 14.9 Å². The standard InChI is InChI=1S/C28H24F3N7O3S/c1-15(16-5-8-19(29)9-6-16)41-22-11-17(7-10-21(22)36-42(39,40)28(30)31)25-24-26(38(4)35-25)20(13-34-27(24)32)18-12-23(33-2)37(3)14-18/h5-15,28,36H,1,3-4H3,(H2,32,34)/t15-/m0/s1. The molecule has 5 aromatic rings. The Bertz CT molecular complexity index is 1960. The molecule has 2 aromatic carbocycles. The van der Waals surface area contributed by atoms with Crippen LogP contribution < -0.4 is 15.2 Å². The van der Waals surface area contributed by atoms with Gasteiger partial charge in [0.1, 0.15) is 29.2 Å². The molecule has 0 bridgehead atoms. The number of aromatic nitrogens is 4. The van der Waals surface area contributed by atoms with Gasteiger partial charge in [0.05, 0.1) is 29.8 Å². The van der Waals surface area contributed by atoms with Gasteiger partial charge in [-0.25, -0.2) is 17.8 Å². The van der Waals surface area contributed by atoms with Crippen LogP contribution in [0.25, 0.3) is 38.1 Å². The van der Waals surface area contributed by atoms with Crippen LogP contribution in [0.15, 0.2) is 60.9 Å². The lowest BCUT2D eigenvalue weighted by Crippen LogP contribution is -2.21. The third-order valence-electron chi connectivity index (χ3n) is 6.68. The molecule has 0 radical (unpaired) electrons.